The molecule has 2 aliphatic rings. The van der Waals surface area contributed by atoms with Crippen LogP contribution in [0, 0.1) is 5.82 Å². The molecule has 0 aromatic heterocycles. The van der Waals surface area contributed by atoms with Crippen molar-refractivity contribution in [1.29, 1.82) is 0 Å². The highest BCUT2D eigenvalue weighted by Gasteiger charge is 2.58. The molecule has 21 heavy (non-hydrogen) atoms. The molecule has 0 radical (unpaired) electrons. The van der Waals surface area contributed by atoms with Crippen molar-refractivity contribution in [1.82, 2.24) is 5.01 Å². The molecule has 1 heterocycles. The van der Waals surface area contributed by atoms with Crippen molar-refractivity contribution in [2.24, 2.45) is 5.10 Å². The van der Waals surface area contributed by atoms with E-state index in [-0.39, 0.29) is 5.82 Å². The van der Waals surface area contributed by atoms with Gasteiger partial charge in [0.25, 0.3) is 0 Å². The Hall–Kier alpha value is -1.31. The Labute approximate surface area is 126 Å². The summed E-state index contributed by atoms with van der Waals surface area (Å²) in [6, 6.07) is 6.50. The van der Waals surface area contributed by atoms with E-state index in [1.165, 1.54) is 6.07 Å². The molecule has 0 saturated heterocycles. The van der Waals surface area contributed by atoms with Crippen LogP contribution in [-0.2, 0) is 11.2 Å². The number of hydrogen-bond donors (Lipinski definition) is 1. The monoisotopic (exact) mass is 311 g/mol. The van der Waals surface area contributed by atoms with Crippen molar-refractivity contribution in [3.63, 3.8) is 0 Å². The number of aliphatic hydroxyl groups excluding tert-OH is 1. The highest BCUT2D eigenvalue weighted by Crippen LogP contribution is 2.46. The van der Waals surface area contributed by atoms with E-state index in [1.807, 2.05) is 0 Å². The second-order valence-corrected chi connectivity index (χ2v) is 7.24. The topological polar surface area (TPSA) is 62.1 Å². The van der Waals surface area contributed by atoms with Gasteiger partial charge in [-0.05, 0) is 23.3 Å². The van der Waals surface area contributed by atoms with Crippen LogP contribution in [0.5, 0.6) is 0 Å². The van der Waals surface area contributed by atoms with Gasteiger partial charge in [-0.3, -0.25) is 5.01 Å². The molecule has 0 bridgehead atoms. The number of aliphatic hydroxyl groups is 1. The molecule has 3 rings (SSSR count). The average Bonchev–Trinajstić information content (AvgIpc) is 3.15. The minimum Gasteiger partial charge on any atom is -0.616 e. The van der Waals surface area contributed by atoms with Crippen LogP contribution in [0.2, 0.25) is 0 Å². The Morgan fingerprint density at radius 1 is 1.48 bits per heavy atom. The van der Waals surface area contributed by atoms with Crippen LogP contribution in [-0.4, -0.2) is 51.3 Å². The van der Waals surface area contributed by atoms with Gasteiger partial charge in [-0.15, -0.1) is 0 Å². The van der Waals surface area contributed by atoms with E-state index >= 15 is 0 Å². The van der Waals surface area contributed by atoms with Gasteiger partial charge in [-0.25, -0.2) is 4.39 Å². The Morgan fingerprint density at radius 3 is 2.81 bits per heavy atom. The highest BCUT2D eigenvalue weighted by atomic mass is 32.2. The summed E-state index contributed by atoms with van der Waals surface area (Å²) in [4.78, 5) is 1.69. The molecular formula is C14H18FN3O2S. The summed E-state index contributed by atoms with van der Waals surface area (Å²) < 4.78 is 25.0. The van der Waals surface area contributed by atoms with Crippen LogP contribution in [0.25, 0.3) is 0 Å². The van der Waals surface area contributed by atoms with Crippen LogP contribution in [0.4, 0.5) is 10.1 Å². The largest absolute Gasteiger partial charge is 0.616 e. The van der Waals surface area contributed by atoms with Gasteiger partial charge in [0.1, 0.15) is 24.9 Å². The number of hydrazone groups is 1. The summed E-state index contributed by atoms with van der Waals surface area (Å²) >= 11 is -1.05. The molecule has 1 aromatic carbocycles. The quantitative estimate of drug-likeness (QED) is 0.828. The maximum atomic E-state index is 13.7. The number of hydrogen-bond acceptors (Lipinski definition) is 5. The number of halogens is 1. The fourth-order valence-electron chi connectivity index (χ4n) is 2.61. The number of benzene rings is 1. The average molecular weight is 311 g/mol. The first-order valence-electron chi connectivity index (χ1n) is 6.85. The van der Waals surface area contributed by atoms with Gasteiger partial charge in [0.15, 0.2) is 4.75 Å². The third-order valence-corrected chi connectivity index (χ3v) is 5.96. The van der Waals surface area contributed by atoms with Crippen molar-refractivity contribution in [2.45, 2.75) is 23.7 Å². The first-order chi connectivity index (χ1) is 10.0. The van der Waals surface area contributed by atoms with Gasteiger partial charge >= 0.3 is 0 Å². The molecule has 0 spiro atoms. The standard InChI is InChI=1S/C14H18FN3O2S/c1-21(20)14(6-7-14)13(19)8-18-10-17(9-16-18)12-5-3-2-4-11(12)15/h2-5,9,13,19H,6-8,10H2,1H3. The molecule has 2 unspecified atom stereocenters. The smallest absolute Gasteiger partial charge is 0.153 e. The van der Waals surface area contributed by atoms with Crippen molar-refractivity contribution in [3.8, 4) is 0 Å². The van der Waals surface area contributed by atoms with Crippen molar-refractivity contribution >= 4 is 23.2 Å². The zero-order valence-corrected chi connectivity index (χ0v) is 12.6. The van der Waals surface area contributed by atoms with Crippen molar-refractivity contribution < 1.29 is 14.0 Å². The number of nitrogens with zero attached hydrogens (tertiary/aromatic N) is 3. The lowest BCUT2D eigenvalue weighted by Crippen LogP contribution is -2.43. The molecule has 1 saturated carbocycles. The second kappa shape index (κ2) is 5.47. The lowest BCUT2D eigenvalue weighted by Gasteiger charge is -2.27. The van der Waals surface area contributed by atoms with Crippen LogP contribution < -0.4 is 4.90 Å². The van der Waals surface area contributed by atoms with Gasteiger partial charge in [-0.1, -0.05) is 12.1 Å². The van der Waals surface area contributed by atoms with E-state index in [0.29, 0.717) is 18.9 Å². The highest BCUT2D eigenvalue weighted by molar-refractivity contribution is 7.92. The molecule has 0 amide bonds. The molecule has 114 valence electrons. The van der Waals surface area contributed by atoms with Crippen molar-refractivity contribution in [3.05, 3.63) is 30.1 Å². The second-order valence-electron chi connectivity index (χ2n) is 5.52. The predicted octanol–water partition coefficient (Wildman–Crippen LogP) is 1.12. The molecular weight excluding hydrogens is 293 g/mol. The molecule has 2 atom stereocenters. The summed E-state index contributed by atoms with van der Waals surface area (Å²) in [5.41, 5.74) is 0.457. The zero-order valence-electron chi connectivity index (χ0n) is 11.8. The Bertz CT molecular complexity index is 551. The Kier molecular flexibility index (Phi) is 3.81. The van der Waals surface area contributed by atoms with Crippen LogP contribution in [0.3, 0.4) is 0 Å². The molecule has 1 aromatic rings. The molecule has 1 fully saturated rings. The minimum absolute atomic E-state index is 0.306. The number of para-hydroxylation sites is 1. The molecule has 1 aliphatic carbocycles. The van der Waals surface area contributed by atoms with Gasteiger partial charge < -0.3 is 14.6 Å². The first kappa shape index (κ1) is 14.6. The van der Waals surface area contributed by atoms with Crippen molar-refractivity contribution in [2.75, 3.05) is 24.4 Å². The third-order valence-electron chi connectivity index (χ3n) is 4.14. The maximum Gasteiger partial charge on any atom is 0.153 e. The first-order valence-corrected chi connectivity index (χ1v) is 8.40. The van der Waals surface area contributed by atoms with E-state index in [9.17, 15) is 14.0 Å². The van der Waals surface area contributed by atoms with Gasteiger partial charge in [0.2, 0.25) is 0 Å². The SMILES string of the molecule is C[S+]([O-])C1(C(O)CN2CN(c3ccccc3F)C=N2)CC1. The van der Waals surface area contributed by atoms with Gasteiger partial charge in [0.05, 0.1) is 18.5 Å². The molecule has 1 aliphatic heterocycles. The van der Waals surface area contributed by atoms with E-state index in [4.69, 9.17) is 0 Å². The van der Waals surface area contributed by atoms with Gasteiger partial charge in [0, 0.05) is 12.8 Å². The zero-order chi connectivity index (χ0) is 15.0. The summed E-state index contributed by atoms with van der Waals surface area (Å²) in [6.45, 7) is 0.686. The van der Waals surface area contributed by atoms with E-state index < -0.39 is 22.0 Å². The third kappa shape index (κ3) is 2.73. The van der Waals surface area contributed by atoms with Crippen LogP contribution >= 0.6 is 0 Å². The van der Waals surface area contributed by atoms with Gasteiger partial charge in [-0.2, -0.15) is 5.10 Å². The normalized spacial score (nSPS) is 22.5. The lowest BCUT2D eigenvalue weighted by molar-refractivity contribution is 0.110. The number of rotatable bonds is 5. The Balaban J connectivity index is 1.61. The fourth-order valence-corrected chi connectivity index (χ4v) is 3.75. The van der Waals surface area contributed by atoms with Crippen LogP contribution in [0.15, 0.2) is 29.4 Å². The molecule has 7 heteroatoms. The molecule has 1 N–H and O–H groups in total. The minimum atomic E-state index is -1.05. The summed E-state index contributed by atoms with van der Waals surface area (Å²) in [5.74, 6) is -0.306. The fraction of sp³-hybridized carbons (Fsp3) is 0.500. The number of anilines is 1. The summed E-state index contributed by atoms with van der Waals surface area (Å²) in [5, 5.41) is 16.1. The number of β-amino-alcohol motifs (C(OH)–C–C–N with tert-alkyl or cyclic N) is 1. The van der Waals surface area contributed by atoms with E-state index in [0.717, 1.165) is 12.8 Å². The van der Waals surface area contributed by atoms with E-state index in [2.05, 4.69) is 5.10 Å². The maximum absolute atomic E-state index is 13.7. The summed E-state index contributed by atoms with van der Waals surface area (Å²) in [7, 11) is 0. The molecule has 5 nitrogen and oxygen atoms in total. The Morgan fingerprint density at radius 2 is 2.19 bits per heavy atom. The predicted molar refractivity (Wildman–Crippen MR) is 81.0 cm³/mol. The van der Waals surface area contributed by atoms with E-state index in [1.54, 1.807) is 40.7 Å². The summed E-state index contributed by atoms with van der Waals surface area (Å²) in [6.07, 6.45) is 4.07. The van der Waals surface area contributed by atoms with Crippen LogP contribution in [0.1, 0.15) is 12.8 Å². The lowest BCUT2D eigenvalue weighted by atomic mass is 10.2.